The van der Waals surface area contributed by atoms with Gasteiger partial charge in [0.25, 0.3) is 0 Å². The second-order valence-electron chi connectivity index (χ2n) is 7.91. The Bertz CT molecular complexity index is 1310. The third-order valence-corrected chi connectivity index (χ3v) is 5.45. The average molecular weight is 415 g/mol. The Labute approximate surface area is 168 Å². The zero-order chi connectivity index (χ0) is 21.4. The number of halogens is 4. The minimum absolute atomic E-state index is 0.0441. The number of aromatic nitrogens is 4. The molecule has 0 bridgehead atoms. The Morgan fingerprint density at radius 2 is 1.87 bits per heavy atom. The van der Waals surface area contributed by atoms with Crippen molar-refractivity contribution in [2.24, 2.45) is 0 Å². The molecular formula is C21H17F4N5. The van der Waals surface area contributed by atoms with Gasteiger partial charge in [-0.15, -0.1) is 10.2 Å². The Morgan fingerprint density at radius 1 is 1.10 bits per heavy atom. The van der Waals surface area contributed by atoms with Gasteiger partial charge in [0, 0.05) is 17.3 Å². The highest BCUT2D eigenvalue weighted by molar-refractivity contribution is 5.97. The van der Waals surface area contributed by atoms with Gasteiger partial charge in [-0.25, -0.2) is 4.39 Å². The molecule has 0 fully saturated rings. The van der Waals surface area contributed by atoms with Crippen LogP contribution in [-0.2, 0) is 11.7 Å². The Kier molecular flexibility index (Phi) is 3.63. The Balaban J connectivity index is 1.96. The van der Waals surface area contributed by atoms with Gasteiger partial charge in [0.1, 0.15) is 11.6 Å². The number of nitrogens with one attached hydrogen (secondary N) is 2. The fourth-order valence-electron chi connectivity index (χ4n) is 4.23. The molecule has 3 heterocycles. The first kappa shape index (κ1) is 18.7. The maximum absolute atomic E-state index is 15.3. The van der Waals surface area contributed by atoms with Crippen molar-refractivity contribution < 1.29 is 17.6 Å². The van der Waals surface area contributed by atoms with Crippen molar-refractivity contribution in [2.45, 2.75) is 32.5 Å². The number of aromatic amines is 1. The molecule has 4 aromatic rings. The van der Waals surface area contributed by atoms with Gasteiger partial charge in [-0.1, -0.05) is 18.2 Å². The number of benzene rings is 2. The van der Waals surface area contributed by atoms with Gasteiger partial charge in [-0.2, -0.15) is 13.2 Å². The molecule has 154 valence electrons. The molecule has 0 atom stereocenters. The number of alkyl halides is 3. The Hall–Kier alpha value is -3.36. The Morgan fingerprint density at radius 3 is 2.60 bits per heavy atom. The topological polar surface area (TPSA) is 58.5 Å². The molecule has 0 radical (unpaired) electrons. The lowest BCUT2D eigenvalue weighted by atomic mass is 9.91. The van der Waals surface area contributed by atoms with E-state index in [0.29, 0.717) is 22.6 Å². The number of fused-ring (bicyclic) bond motifs is 4. The van der Waals surface area contributed by atoms with E-state index in [1.54, 1.807) is 45.2 Å². The van der Waals surface area contributed by atoms with E-state index in [0.717, 1.165) is 6.07 Å². The van der Waals surface area contributed by atoms with E-state index in [9.17, 15) is 13.2 Å². The molecule has 1 aliphatic rings. The van der Waals surface area contributed by atoms with Crippen LogP contribution in [-0.4, -0.2) is 19.7 Å². The SMILES string of the molecule is Cc1nnc2n1-c1c(cc(F)c(-c3cccc4cc[nH]c34)c1C(F)(F)F)NC2(C)C. The summed E-state index contributed by atoms with van der Waals surface area (Å²) in [5, 5.41) is 11.8. The summed E-state index contributed by atoms with van der Waals surface area (Å²) in [6.07, 6.45) is -3.21. The van der Waals surface area contributed by atoms with E-state index in [-0.39, 0.29) is 16.9 Å². The van der Waals surface area contributed by atoms with Crippen LogP contribution in [0, 0.1) is 12.7 Å². The lowest BCUT2D eigenvalue weighted by Crippen LogP contribution is -2.37. The number of para-hydroxylation sites is 1. The fraction of sp³-hybridized carbons (Fsp3) is 0.238. The summed E-state index contributed by atoms with van der Waals surface area (Å²) in [7, 11) is 0. The van der Waals surface area contributed by atoms with E-state index >= 15 is 4.39 Å². The van der Waals surface area contributed by atoms with Crippen molar-refractivity contribution in [3.8, 4) is 16.8 Å². The molecule has 2 aromatic heterocycles. The summed E-state index contributed by atoms with van der Waals surface area (Å²) in [6, 6.07) is 7.70. The summed E-state index contributed by atoms with van der Waals surface area (Å²) in [6.45, 7) is 5.10. The number of aryl methyl sites for hydroxylation is 1. The third-order valence-electron chi connectivity index (χ3n) is 5.45. The highest BCUT2D eigenvalue weighted by Crippen LogP contribution is 2.49. The lowest BCUT2D eigenvalue weighted by molar-refractivity contribution is -0.137. The molecule has 0 saturated heterocycles. The molecular weight excluding hydrogens is 398 g/mol. The zero-order valence-electron chi connectivity index (χ0n) is 16.3. The highest BCUT2D eigenvalue weighted by Gasteiger charge is 2.45. The maximum atomic E-state index is 15.3. The summed E-state index contributed by atoms with van der Waals surface area (Å²) >= 11 is 0. The molecule has 0 amide bonds. The predicted molar refractivity (Wildman–Crippen MR) is 105 cm³/mol. The molecule has 5 nitrogen and oxygen atoms in total. The number of rotatable bonds is 1. The summed E-state index contributed by atoms with van der Waals surface area (Å²) in [5.74, 6) is -0.337. The molecule has 30 heavy (non-hydrogen) atoms. The zero-order valence-corrected chi connectivity index (χ0v) is 16.3. The fourth-order valence-corrected chi connectivity index (χ4v) is 4.23. The molecule has 1 aliphatic heterocycles. The third kappa shape index (κ3) is 2.47. The maximum Gasteiger partial charge on any atom is 0.419 e. The quantitative estimate of drug-likeness (QED) is 0.401. The molecule has 9 heteroatoms. The summed E-state index contributed by atoms with van der Waals surface area (Å²) in [4.78, 5) is 2.93. The van der Waals surface area contributed by atoms with Crippen LogP contribution in [0.4, 0.5) is 23.2 Å². The van der Waals surface area contributed by atoms with Crippen LogP contribution >= 0.6 is 0 Å². The van der Waals surface area contributed by atoms with Gasteiger partial charge in [-0.05, 0) is 38.3 Å². The van der Waals surface area contributed by atoms with Gasteiger partial charge in [0.05, 0.1) is 28.0 Å². The molecule has 0 unspecified atom stereocenters. The minimum Gasteiger partial charge on any atom is -0.371 e. The average Bonchev–Trinajstić information content (AvgIpc) is 3.27. The first-order valence-corrected chi connectivity index (χ1v) is 9.31. The van der Waals surface area contributed by atoms with Gasteiger partial charge in [0.2, 0.25) is 0 Å². The van der Waals surface area contributed by atoms with Gasteiger partial charge in [-0.3, -0.25) is 4.57 Å². The molecule has 2 aromatic carbocycles. The number of hydrogen-bond acceptors (Lipinski definition) is 3. The number of H-pyrrole nitrogens is 1. The van der Waals surface area contributed by atoms with Crippen LogP contribution in [0.25, 0.3) is 27.7 Å². The molecule has 5 rings (SSSR count). The van der Waals surface area contributed by atoms with Crippen molar-refractivity contribution in [1.82, 2.24) is 19.7 Å². The smallest absolute Gasteiger partial charge is 0.371 e. The lowest BCUT2D eigenvalue weighted by Gasteiger charge is -2.36. The van der Waals surface area contributed by atoms with E-state index in [1.807, 2.05) is 0 Å². The summed E-state index contributed by atoms with van der Waals surface area (Å²) < 4.78 is 60.2. The second-order valence-corrected chi connectivity index (χ2v) is 7.91. The minimum atomic E-state index is -4.83. The van der Waals surface area contributed by atoms with Crippen LogP contribution in [0.3, 0.4) is 0 Å². The van der Waals surface area contributed by atoms with Crippen molar-refractivity contribution in [1.29, 1.82) is 0 Å². The number of anilines is 1. The first-order chi connectivity index (χ1) is 14.1. The van der Waals surface area contributed by atoms with Crippen molar-refractivity contribution in [2.75, 3.05) is 5.32 Å². The van der Waals surface area contributed by atoms with Crippen molar-refractivity contribution in [3.63, 3.8) is 0 Å². The van der Waals surface area contributed by atoms with Gasteiger partial charge >= 0.3 is 6.18 Å². The molecule has 0 spiro atoms. The standard InChI is InChI=1S/C21H17F4N5/c1-10-28-29-19-20(2,3)27-14-9-13(22)15(16(21(23,24)25)18(14)30(10)19)12-6-4-5-11-7-8-26-17(11)12/h4-9,26-27H,1-3H3. The van der Waals surface area contributed by atoms with Gasteiger partial charge in [0.15, 0.2) is 5.82 Å². The highest BCUT2D eigenvalue weighted by atomic mass is 19.4. The van der Waals surface area contributed by atoms with E-state index in [4.69, 9.17) is 0 Å². The summed E-state index contributed by atoms with van der Waals surface area (Å²) in [5.41, 5.74) is -1.97. The van der Waals surface area contributed by atoms with Crippen LogP contribution in [0.5, 0.6) is 0 Å². The van der Waals surface area contributed by atoms with Crippen LogP contribution in [0.2, 0.25) is 0 Å². The second kappa shape index (κ2) is 5.84. The molecule has 0 aliphatic carbocycles. The van der Waals surface area contributed by atoms with E-state index in [1.165, 1.54) is 10.6 Å². The van der Waals surface area contributed by atoms with Gasteiger partial charge < -0.3 is 10.3 Å². The van der Waals surface area contributed by atoms with Crippen molar-refractivity contribution in [3.05, 3.63) is 59.6 Å². The number of nitrogens with zero attached hydrogens (tertiary/aromatic N) is 3. The number of hydrogen-bond donors (Lipinski definition) is 2. The first-order valence-electron chi connectivity index (χ1n) is 9.31. The van der Waals surface area contributed by atoms with E-state index in [2.05, 4.69) is 20.5 Å². The van der Waals surface area contributed by atoms with Crippen LogP contribution in [0.1, 0.15) is 31.1 Å². The monoisotopic (exact) mass is 415 g/mol. The van der Waals surface area contributed by atoms with Crippen LogP contribution in [0.15, 0.2) is 36.5 Å². The molecule has 0 saturated carbocycles. The van der Waals surface area contributed by atoms with E-state index < -0.39 is 28.7 Å². The predicted octanol–water partition coefficient (Wildman–Crippen LogP) is 5.54. The van der Waals surface area contributed by atoms with Crippen LogP contribution < -0.4 is 5.32 Å². The van der Waals surface area contributed by atoms with Crippen molar-refractivity contribution >= 4 is 16.6 Å². The largest absolute Gasteiger partial charge is 0.419 e. The molecule has 2 N–H and O–H groups in total. The normalized spacial score (nSPS) is 15.0.